The Morgan fingerprint density at radius 1 is 1.36 bits per heavy atom. The number of rotatable bonds is 0. The molecule has 0 aromatic carbocycles. The Balaban J connectivity index is 2.63. The fraction of sp³-hybridized carbons (Fsp3) is 0.400. The van der Waals surface area contributed by atoms with Crippen molar-refractivity contribution in [2.24, 2.45) is 0 Å². The monoisotopic (exact) mass is 226 g/mol. The maximum atomic E-state index is 5.81. The van der Waals surface area contributed by atoms with Crippen molar-refractivity contribution in [3.8, 4) is 0 Å². The zero-order valence-corrected chi connectivity index (χ0v) is 9.91. The van der Waals surface area contributed by atoms with Crippen molar-refractivity contribution in [2.75, 3.05) is 0 Å². The molecular weight excluding hydrogens is 216 g/mol. The van der Waals surface area contributed by atoms with E-state index in [1.54, 1.807) is 17.5 Å². The van der Waals surface area contributed by atoms with Gasteiger partial charge in [-0.1, -0.05) is 32.4 Å². The van der Waals surface area contributed by atoms with Crippen molar-refractivity contribution >= 4 is 33.2 Å². The van der Waals surface area contributed by atoms with Gasteiger partial charge in [-0.3, -0.25) is 0 Å². The molecule has 2 aromatic heterocycles. The summed E-state index contributed by atoms with van der Waals surface area (Å²) in [7, 11) is 0. The molecule has 0 spiro atoms. The first-order valence-electron chi connectivity index (χ1n) is 4.39. The first-order valence-corrected chi connectivity index (χ1v) is 5.59. The summed E-state index contributed by atoms with van der Waals surface area (Å²) in [5.41, 5.74) is 1.03. The third-order valence-electron chi connectivity index (χ3n) is 1.88. The van der Waals surface area contributed by atoms with Crippen LogP contribution in [-0.2, 0) is 5.41 Å². The number of fused-ring (bicyclic) bond motifs is 1. The molecule has 2 aromatic rings. The van der Waals surface area contributed by atoms with E-state index in [0.717, 1.165) is 15.2 Å². The predicted octanol–water partition coefficient (Wildman–Crippen LogP) is 3.64. The van der Waals surface area contributed by atoms with Crippen molar-refractivity contribution in [1.82, 2.24) is 9.97 Å². The van der Waals surface area contributed by atoms with Crippen LogP contribution in [0.15, 0.2) is 12.3 Å². The van der Waals surface area contributed by atoms with Gasteiger partial charge in [0.25, 0.3) is 0 Å². The number of thiazole rings is 1. The van der Waals surface area contributed by atoms with Crippen LogP contribution in [0.4, 0.5) is 0 Å². The molecule has 2 nitrogen and oxygen atoms in total. The summed E-state index contributed by atoms with van der Waals surface area (Å²) in [6.07, 6.45) is 1.73. The first kappa shape index (κ1) is 9.87. The van der Waals surface area contributed by atoms with Crippen LogP contribution in [-0.4, -0.2) is 9.97 Å². The average Bonchev–Trinajstić information content (AvgIpc) is 2.45. The number of aromatic nitrogens is 2. The molecule has 2 heterocycles. The fourth-order valence-electron chi connectivity index (χ4n) is 1.13. The highest BCUT2D eigenvalue weighted by Crippen LogP contribution is 2.31. The lowest BCUT2D eigenvalue weighted by molar-refractivity contribution is 0.587. The minimum atomic E-state index is 0.0934. The van der Waals surface area contributed by atoms with Gasteiger partial charge >= 0.3 is 0 Å². The van der Waals surface area contributed by atoms with E-state index in [1.165, 1.54) is 0 Å². The quantitative estimate of drug-likeness (QED) is 0.641. The number of hydrogen-bond donors (Lipinski definition) is 0. The Morgan fingerprint density at radius 2 is 2.07 bits per heavy atom. The number of nitrogens with zero attached hydrogens (tertiary/aromatic N) is 2. The molecule has 2 rings (SSSR count). The summed E-state index contributed by atoms with van der Waals surface area (Å²) in [6, 6.07) is 1.86. The first-order chi connectivity index (χ1) is 6.47. The van der Waals surface area contributed by atoms with Crippen LogP contribution in [0.2, 0.25) is 5.15 Å². The highest BCUT2D eigenvalue weighted by Gasteiger charge is 2.18. The van der Waals surface area contributed by atoms with Gasteiger partial charge in [-0.05, 0) is 6.07 Å². The smallest absolute Gasteiger partial charge is 0.130 e. The van der Waals surface area contributed by atoms with Gasteiger partial charge in [0.15, 0.2) is 0 Å². The molecule has 4 heteroatoms. The van der Waals surface area contributed by atoms with E-state index >= 15 is 0 Å². The zero-order chi connectivity index (χ0) is 10.3. The topological polar surface area (TPSA) is 25.8 Å². The van der Waals surface area contributed by atoms with Gasteiger partial charge in [-0.15, -0.1) is 11.3 Å². The summed E-state index contributed by atoms with van der Waals surface area (Å²) in [4.78, 5) is 8.53. The standard InChI is InChI=1S/C10H11ClN2S/c1-10(2,3)9-13-6-5-12-8(11)4-7(6)14-9/h4-5H,1-3H3. The molecule has 0 atom stereocenters. The van der Waals surface area contributed by atoms with Crippen LogP contribution in [0.1, 0.15) is 25.8 Å². The molecule has 0 N–H and O–H groups in total. The molecule has 0 saturated carbocycles. The van der Waals surface area contributed by atoms with Gasteiger partial charge in [0.1, 0.15) is 5.15 Å². The number of halogens is 1. The van der Waals surface area contributed by atoms with Crippen molar-refractivity contribution in [3.05, 3.63) is 22.4 Å². The van der Waals surface area contributed by atoms with Crippen LogP contribution < -0.4 is 0 Å². The molecule has 0 fully saturated rings. The Morgan fingerprint density at radius 3 is 2.71 bits per heavy atom. The summed E-state index contributed by atoms with van der Waals surface area (Å²) in [6.45, 7) is 6.46. The maximum Gasteiger partial charge on any atom is 0.130 e. The van der Waals surface area contributed by atoms with Crippen molar-refractivity contribution in [2.45, 2.75) is 26.2 Å². The molecule has 0 aliphatic heterocycles. The molecule has 14 heavy (non-hydrogen) atoms. The second-order valence-corrected chi connectivity index (χ2v) is 5.66. The molecule has 0 aliphatic carbocycles. The lowest BCUT2D eigenvalue weighted by atomic mass is 9.98. The third kappa shape index (κ3) is 1.74. The maximum absolute atomic E-state index is 5.81. The van der Waals surface area contributed by atoms with E-state index in [9.17, 15) is 0 Å². The summed E-state index contributed by atoms with van der Waals surface area (Å²) < 4.78 is 1.11. The largest absolute Gasteiger partial charge is 0.242 e. The van der Waals surface area contributed by atoms with E-state index < -0.39 is 0 Å². The molecule has 74 valence electrons. The minimum Gasteiger partial charge on any atom is -0.242 e. The van der Waals surface area contributed by atoms with Crippen LogP contribution in [0, 0.1) is 0 Å². The van der Waals surface area contributed by atoms with E-state index in [1.807, 2.05) is 6.07 Å². The van der Waals surface area contributed by atoms with Crippen molar-refractivity contribution < 1.29 is 0 Å². The van der Waals surface area contributed by atoms with Gasteiger partial charge < -0.3 is 0 Å². The fourth-order valence-corrected chi connectivity index (χ4v) is 2.38. The highest BCUT2D eigenvalue weighted by molar-refractivity contribution is 7.18. The zero-order valence-electron chi connectivity index (χ0n) is 8.34. The Kier molecular flexibility index (Phi) is 2.24. The van der Waals surface area contributed by atoms with Crippen molar-refractivity contribution in [3.63, 3.8) is 0 Å². The lowest BCUT2D eigenvalue weighted by Crippen LogP contribution is -2.09. The van der Waals surface area contributed by atoms with Gasteiger partial charge in [0.05, 0.1) is 21.4 Å². The Labute approximate surface area is 92.0 Å². The van der Waals surface area contributed by atoms with Crippen LogP contribution in [0.5, 0.6) is 0 Å². The molecule has 0 radical (unpaired) electrons. The lowest BCUT2D eigenvalue weighted by Gasteiger charge is -2.13. The van der Waals surface area contributed by atoms with E-state index in [-0.39, 0.29) is 5.41 Å². The summed E-state index contributed by atoms with van der Waals surface area (Å²) >= 11 is 7.49. The molecule has 0 unspecified atom stereocenters. The predicted molar refractivity (Wildman–Crippen MR) is 61.1 cm³/mol. The molecule has 0 amide bonds. The Hall–Kier alpha value is -0.670. The third-order valence-corrected chi connectivity index (χ3v) is 3.53. The second-order valence-electron chi connectivity index (χ2n) is 4.24. The van der Waals surface area contributed by atoms with Crippen LogP contribution in [0.25, 0.3) is 10.2 Å². The molecule has 0 aliphatic rings. The van der Waals surface area contributed by atoms with E-state index in [4.69, 9.17) is 11.6 Å². The summed E-state index contributed by atoms with van der Waals surface area (Å²) in [5, 5.41) is 1.65. The minimum absolute atomic E-state index is 0.0934. The molecule has 0 bridgehead atoms. The van der Waals surface area contributed by atoms with Gasteiger partial charge in [-0.2, -0.15) is 0 Å². The molecule has 0 saturated heterocycles. The number of pyridine rings is 1. The molecular formula is C10H11ClN2S. The normalized spacial score (nSPS) is 12.3. The van der Waals surface area contributed by atoms with E-state index in [0.29, 0.717) is 5.15 Å². The van der Waals surface area contributed by atoms with Gasteiger partial charge in [0.2, 0.25) is 0 Å². The summed E-state index contributed by atoms with van der Waals surface area (Å²) in [5.74, 6) is 0. The number of hydrogen-bond acceptors (Lipinski definition) is 3. The SMILES string of the molecule is CC(C)(C)c1nc2cnc(Cl)cc2s1. The van der Waals surface area contributed by atoms with Gasteiger partial charge in [-0.25, -0.2) is 9.97 Å². The highest BCUT2D eigenvalue weighted by atomic mass is 35.5. The van der Waals surface area contributed by atoms with Gasteiger partial charge in [0, 0.05) is 5.41 Å². The average molecular weight is 227 g/mol. The van der Waals surface area contributed by atoms with E-state index in [2.05, 4.69) is 30.7 Å². The second kappa shape index (κ2) is 3.17. The van der Waals surface area contributed by atoms with Crippen LogP contribution >= 0.6 is 22.9 Å². The Bertz CT molecular complexity index is 470. The van der Waals surface area contributed by atoms with Crippen LogP contribution in [0.3, 0.4) is 0 Å². The van der Waals surface area contributed by atoms with Crippen molar-refractivity contribution in [1.29, 1.82) is 0 Å².